The number of rotatable bonds is 8. The van der Waals surface area contributed by atoms with Gasteiger partial charge in [0.1, 0.15) is 23.4 Å². The summed E-state index contributed by atoms with van der Waals surface area (Å²) < 4.78 is 5.09. The number of carbonyl (C=O) groups excluding carboxylic acids is 3. The highest BCUT2D eigenvalue weighted by molar-refractivity contribution is 6.01. The number of pyridine rings is 2. The van der Waals surface area contributed by atoms with Crippen LogP contribution in [0.15, 0.2) is 18.3 Å². The summed E-state index contributed by atoms with van der Waals surface area (Å²) in [4.78, 5) is 49.2. The number of anilines is 2. The van der Waals surface area contributed by atoms with Crippen LogP contribution in [-0.2, 0) is 28.9 Å². The average Bonchev–Trinajstić information content (AvgIpc) is 2.89. The number of piperazine rings is 1. The number of hydrogen-bond donors (Lipinski definition) is 2. The number of nitrogens with one attached hydrogen (secondary N) is 2. The standard InChI is InChI=1S/C25H29N7O4/c1-36-9-3-5-17-11-22(28-13-20(17)12-26)30-25(35)32-7-2-4-18-10-19(21(16-33)29-24(18)32)15-31-8-6-27-14-23(31)34/h10-11,13,16,27H,2-9,14-15H2,1H3,(H,28,30,35). The Bertz CT molecular complexity index is 1190. The van der Waals surface area contributed by atoms with E-state index in [1.807, 2.05) is 6.07 Å². The van der Waals surface area contributed by atoms with Gasteiger partial charge in [0.15, 0.2) is 6.29 Å². The molecule has 2 aromatic rings. The molecule has 0 radical (unpaired) electrons. The lowest BCUT2D eigenvalue weighted by atomic mass is 10.0. The second-order valence-electron chi connectivity index (χ2n) is 8.75. The summed E-state index contributed by atoms with van der Waals surface area (Å²) in [5, 5.41) is 15.2. The molecule has 0 bridgehead atoms. The van der Waals surface area contributed by atoms with Crippen LogP contribution in [0, 0.1) is 11.3 Å². The van der Waals surface area contributed by atoms with Gasteiger partial charge in [0.05, 0.1) is 12.1 Å². The predicted molar refractivity (Wildman–Crippen MR) is 132 cm³/mol. The minimum atomic E-state index is -0.412. The maximum Gasteiger partial charge on any atom is 0.328 e. The number of amides is 3. The van der Waals surface area contributed by atoms with Crippen LogP contribution in [0.25, 0.3) is 0 Å². The average molecular weight is 492 g/mol. The molecule has 0 aliphatic carbocycles. The molecule has 0 aromatic carbocycles. The zero-order valence-electron chi connectivity index (χ0n) is 20.2. The van der Waals surface area contributed by atoms with E-state index < -0.39 is 6.03 Å². The third-order valence-electron chi connectivity index (χ3n) is 6.32. The molecule has 2 N–H and O–H groups in total. The summed E-state index contributed by atoms with van der Waals surface area (Å²) in [5.41, 5.74) is 2.99. The fourth-order valence-corrected chi connectivity index (χ4v) is 4.46. The van der Waals surface area contributed by atoms with Crippen molar-refractivity contribution in [2.45, 2.75) is 32.2 Å². The number of nitrogens with zero attached hydrogens (tertiary/aromatic N) is 5. The number of hydrogen-bond acceptors (Lipinski definition) is 8. The van der Waals surface area contributed by atoms with Gasteiger partial charge in [0.2, 0.25) is 5.91 Å². The van der Waals surface area contributed by atoms with Crippen molar-refractivity contribution >= 4 is 29.9 Å². The molecule has 11 heteroatoms. The van der Waals surface area contributed by atoms with E-state index >= 15 is 0 Å². The van der Waals surface area contributed by atoms with Gasteiger partial charge in [0.25, 0.3) is 0 Å². The third-order valence-corrected chi connectivity index (χ3v) is 6.32. The predicted octanol–water partition coefficient (Wildman–Crippen LogP) is 1.66. The van der Waals surface area contributed by atoms with E-state index in [-0.39, 0.29) is 18.1 Å². The molecule has 4 heterocycles. The van der Waals surface area contributed by atoms with Gasteiger partial charge >= 0.3 is 6.03 Å². The largest absolute Gasteiger partial charge is 0.385 e. The number of aryl methyl sites for hydroxylation is 2. The second-order valence-corrected chi connectivity index (χ2v) is 8.75. The topological polar surface area (TPSA) is 141 Å². The Morgan fingerprint density at radius 3 is 2.94 bits per heavy atom. The monoisotopic (exact) mass is 491 g/mol. The van der Waals surface area contributed by atoms with E-state index in [1.165, 1.54) is 11.1 Å². The van der Waals surface area contributed by atoms with Crippen molar-refractivity contribution in [3.63, 3.8) is 0 Å². The van der Waals surface area contributed by atoms with Crippen LogP contribution in [0.3, 0.4) is 0 Å². The smallest absolute Gasteiger partial charge is 0.328 e. The van der Waals surface area contributed by atoms with Crippen LogP contribution in [0.4, 0.5) is 16.4 Å². The number of urea groups is 1. The molecule has 2 aliphatic rings. The van der Waals surface area contributed by atoms with Gasteiger partial charge in [-0.2, -0.15) is 5.26 Å². The highest BCUT2D eigenvalue weighted by Gasteiger charge is 2.27. The minimum Gasteiger partial charge on any atom is -0.385 e. The van der Waals surface area contributed by atoms with Gasteiger partial charge < -0.3 is 15.0 Å². The number of aldehydes is 1. The van der Waals surface area contributed by atoms with E-state index in [0.717, 1.165) is 24.0 Å². The Morgan fingerprint density at radius 1 is 1.33 bits per heavy atom. The van der Waals surface area contributed by atoms with Crippen molar-refractivity contribution in [3.05, 3.63) is 46.3 Å². The SMILES string of the molecule is COCCCc1cc(NC(=O)N2CCCc3cc(CN4CCNCC4=O)c(C=O)nc32)ncc1C#N. The molecule has 0 spiro atoms. The second kappa shape index (κ2) is 11.7. The van der Waals surface area contributed by atoms with Crippen molar-refractivity contribution in [1.82, 2.24) is 20.2 Å². The number of aromatic nitrogens is 2. The first-order valence-electron chi connectivity index (χ1n) is 12.0. The Balaban J connectivity index is 1.54. The lowest BCUT2D eigenvalue weighted by molar-refractivity contribution is -0.132. The molecule has 11 nitrogen and oxygen atoms in total. The summed E-state index contributed by atoms with van der Waals surface area (Å²) in [6, 6.07) is 5.31. The first-order valence-corrected chi connectivity index (χ1v) is 12.0. The molecular weight excluding hydrogens is 462 g/mol. The summed E-state index contributed by atoms with van der Waals surface area (Å²) in [5.74, 6) is 0.751. The van der Waals surface area contributed by atoms with E-state index in [9.17, 15) is 19.6 Å². The summed E-state index contributed by atoms with van der Waals surface area (Å²) in [7, 11) is 1.62. The van der Waals surface area contributed by atoms with Gasteiger partial charge in [-0.25, -0.2) is 14.8 Å². The van der Waals surface area contributed by atoms with E-state index in [2.05, 4.69) is 26.7 Å². The molecule has 0 saturated carbocycles. The Kier molecular flexibility index (Phi) is 8.20. The number of fused-ring (bicyclic) bond motifs is 1. The molecule has 2 aromatic heterocycles. The summed E-state index contributed by atoms with van der Waals surface area (Å²) >= 11 is 0. The number of carbonyl (C=O) groups is 3. The fraction of sp³-hybridized carbons (Fsp3) is 0.440. The first kappa shape index (κ1) is 25.2. The molecule has 2 aliphatic heterocycles. The van der Waals surface area contributed by atoms with Crippen molar-refractivity contribution in [2.75, 3.05) is 50.1 Å². The molecule has 1 fully saturated rings. The maximum absolute atomic E-state index is 13.2. The van der Waals surface area contributed by atoms with Crippen LogP contribution in [-0.4, -0.2) is 73.0 Å². The lowest BCUT2D eigenvalue weighted by Gasteiger charge is -2.31. The Morgan fingerprint density at radius 2 is 2.19 bits per heavy atom. The van der Waals surface area contributed by atoms with Crippen LogP contribution in [0.5, 0.6) is 0 Å². The highest BCUT2D eigenvalue weighted by atomic mass is 16.5. The highest BCUT2D eigenvalue weighted by Crippen LogP contribution is 2.28. The molecule has 1 saturated heterocycles. The van der Waals surface area contributed by atoms with Gasteiger partial charge in [0, 0.05) is 51.7 Å². The van der Waals surface area contributed by atoms with Crippen molar-refractivity contribution in [1.29, 1.82) is 5.26 Å². The molecule has 3 amide bonds. The summed E-state index contributed by atoms with van der Waals surface area (Å²) in [6.07, 6.45) is 4.93. The zero-order chi connectivity index (χ0) is 25.5. The van der Waals surface area contributed by atoms with E-state index in [1.54, 1.807) is 18.1 Å². The quantitative estimate of drug-likeness (QED) is 0.420. The van der Waals surface area contributed by atoms with Crippen molar-refractivity contribution in [3.8, 4) is 6.07 Å². The van der Waals surface area contributed by atoms with Gasteiger partial charge in [-0.05, 0) is 48.9 Å². The van der Waals surface area contributed by atoms with Gasteiger partial charge in [-0.1, -0.05) is 0 Å². The summed E-state index contributed by atoms with van der Waals surface area (Å²) in [6.45, 7) is 2.85. The lowest BCUT2D eigenvalue weighted by Crippen LogP contribution is -2.47. The zero-order valence-corrected chi connectivity index (χ0v) is 20.2. The van der Waals surface area contributed by atoms with Crippen molar-refractivity contribution in [2.24, 2.45) is 0 Å². The Hall–Kier alpha value is -3.88. The normalized spacial score (nSPS) is 15.3. The molecular formula is C25H29N7O4. The number of ether oxygens (including phenoxy) is 1. The van der Waals surface area contributed by atoms with Crippen LogP contribution in [0.2, 0.25) is 0 Å². The molecule has 36 heavy (non-hydrogen) atoms. The van der Waals surface area contributed by atoms with Crippen LogP contribution in [0.1, 0.15) is 45.6 Å². The molecule has 0 unspecified atom stereocenters. The van der Waals surface area contributed by atoms with Gasteiger partial charge in [-0.15, -0.1) is 0 Å². The first-order chi connectivity index (χ1) is 17.5. The number of methoxy groups -OCH3 is 1. The minimum absolute atomic E-state index is 0.0201. The van der Waals surface area contributed by atoms with E-state index in [0.29, 0.717) is 74.7 Å². The number of nitriles is 1. The van der Waals surface area contributed by atoms with E-state index in [4.69, 9.17) is 4.74 Å². The van der Waals surface area contributed by atoms with Crippen LogP contribution >= 0.6 is 0 Å². The Labute approximate surface area is 209 Å². The van der Waals surface area contributed by atoms with Gasteiger partial charge in [-0.3, -0.25) is 19.8 Å². The fourth-order valence-electron chi connectivity index (χ4n) is 4.46. The third kappa shape index (κ3) is 5.67. The maximum atomic E-state index is 13.2. The van der Waals surface area contributed by atoms with Crippen LogP contribution < -0.4 is 15.5 Å². The molecule has 0 atom stereocenters. The molecule has 4 rings (SSSR count). The molecule has 188 valence electrons. The van der Waals surface area contributed by atoms with Crippen molar-refractivity contribution < 1.29 is 19.1 Å².